The molecule has 5 heteroatoms. The van der Waals surface area contributed by atoms with Gasteiger partial charge in [0.1, 0.15) is 5.70 Å². The summed E-state index contributed by atoms with van der Waals surface area (Å²) in [4.78, 5) is 31.3. The highest BCUT2D eigenvalue weighted by atomic mass is 16.3. The van der Waals surface area contributed by atoms with E-state index in [1.807, 2.05) is 79.4 Å². The van der Waals surface area contributed by atoms with Crippen LogP contribution < -0.4 is 4.90 Å². The van der Waals surface area contributed by atoms with Crippen LogP contribution in [0.5, 0.6) is 0 Å². The Bertz CT molecular complexity index is 1290. The van der Waals surface area contributed by atoms with Crippen molar-refractivity contribution in [3.05, 3.63) is 83.1 Å². The van der Waals surface area contributed by atoms with Crippen molar-refractivity contribution in [1.82, 2.24) is 4.90 Å². The third-order valence-corrected chi connectivity index (χ3v) is 6.81. The van der Waals surface area contributed by atoms with E-state index in [0.717, 1.165) is 40.3 Å². The molecule has 3 aromatic carbocycles. The predicted octanol–water partition coefficient (Wildman–Crippen LogP) is 4.45. The van der Waals surface area contributed by atoms with Crippen LogP contribution in [-0.4, -0.2) is 41.5 Å². The molecule has 5 nitrogen and oxygen atoms in total. The minimum atomic E-state index is -0.288. The maximum Gasteiger partial charge on any atom is 0.282 e. The van der Waals surface area contributed by atoms with E-state index in [0.29, 0.717) is 30.0 Å². The number of likely N-dealkylation sites (tertiary alicyclic amines) is 1. The molecule has 0 saturated carbocycles. The second-order valence-corrected chi connectivity index (χ2v) is 9.12. The topological polar surface area (TPSA) is 60.9 Å². The number of anilines is 1. The molecule has 168 valence electrons. The van der Waals surface area contributed by atoms with Crippen LogP contribution in [-0.2, 0) is 9.59 Å². The van der Waals surface area contributed by atoms with Crippen LogP contribution in [0.25, 0.3) is 16.3 Å². The average molecular weight is 441 g/mol. The number of carbonyl (C=O) groups excluding carboxylic acids is 2. The summed E-state index contributed by atoms with van der Waals surface area (Å²) in [7, 11) is 0. The highest BCUT2D eigenvalue weighted by Crippen LogP contribution is 2.39. The molecular weight excluding hydrogens is 412 g/mol. The zero-order valence-corrected chi connectivity index (χ0v) is 19.0. The second kappa shape index (κ2) is 8.49. The van der Waals surface area contributed by atoms with Gasteiger partial charge in [-0.05, 0) is 55.2 Å². The molecule has 2 amide bonds. The molecule has 2 aliphatic heterocycles. The highest BCUT2D eigenvalue weighted by Gasteiger charge is 2.44. The van der Waals surface area contributed by atoms with Gasteiger partial charge in [0.25, 0.3) is 11.8 Å². The number of fused-ring (bicyclic) bond motifs is 1. The standard InChI is InChI=1S/C28H28N2O3/c1-18-12-13-22(19(2)15-18)25-26(29-14-6-7-20(16-29)17-31)28(33)30(27(25)32)24-11-5-9-21-8-3-4-10-23(21)24/h3-5,8-13,15,20,31H,6-7,14,16-17H2,1-2H3. The zero-order chi connectivity index (χ0) is 23.1. The first kappa shape index (κ1) is 21.4. The lowest BCUT2D eigenvalue weighted by molar-refractivity contribution is -0.120. The van der Waals surface area contributed by atoms with Crippen LogP contribution in [0.4, 0.5) is 5.69 Å². The first-order valence-corrected chi connectivity index (χ1v) is 11.5. The maximum absolute atomic E-state index is 14.0. The normalized spacial score (nSPS) is 19.2. The van der Waals surface area contributed by atoms with Crippen LogP contribution >= 0.6 is 0 Å². The van der Waals surface area contributed by atoms with E-state index in [1.54, 1.807) is 0 Å². The minimum Gasteiger partial charge on any atom is -0.396 e. The Kier molecular flexibility index (Phi) is 5.51. The molecule has 0 spiro atoms. The number of hydrogen-bond donors (Lipinski definition) is 1. The van der Waals surface area contributed by atoms with Crippen molar-refractivity contribution in [2.24, 2.45) is 5.92 Å². The van der Waals surface area contributed by atoms with E-state index in [-0.39, 0.29) is 24.3 Å². The monoisotopic (exact) mass is 440 g/mol. The summed E-state index contributed by atoms with van der Waals surface area (Å²) in [6, 6.07) is 19.5. The molecule has 5 rings (SSSR count). The molecule has 0 bridgehead atoms. The van der Waals surface area contributed by atoms with Crippen LogP contribution in [0.15, 0.2) is 66.4 Å². The Labute approximate surface area is 193 Å². The Balaban J connectivity index is 1.68. The number of aliphatic hydroxyl groups is 1. The lowest BCUT2D eigenvalue weighted by Gasteiger charge is -2.34. The third-order valence-electron chi connectivity index (χ3n) is 6.81. The smallest absolute Gasteiger partial charge is 0.282 e. The number of imide groups is 1. The number of piperidine rings is 1. The lowest BCUT2D eigenvalue weighted by atomic mass is 9.95. The third kappa shape index (κ3) is 3.62. The maximum atomic E-state index is 14.0. The number of nitrogens with zero attached hydrogens (tertiary/aromatic N) is 2. The molecule has 33 heavy (non-hydrogen) atoms. The van der Waals surface area contributed by atoms with E-state index in [4.69, 9.17) is 0 Å². The first-order valence-electron chi connectivity index (χ1n) is 11.5. The SMILES string of the molecule is Cc1ccc(C2=C(N3CCCC(CO)C3)C(=O)N(c3cccc4ccccc34)C2=O)c(C)c1. The van der Waals surface area contributed by atoms with E-state index in [2.05, 4.69) is 0 Å². The van der Waals surface area contributed by atoms with Crippen molar-refractivity contribution in [3.8, 4) is 0 Å². The fourth-order valence-electron chi connectivity index (χ4n) is 5.19. The van der Waals surface area contributed by atoms with E-state index < -0.39 is 0 Å². The Morgan fingerprint density at radius 1 is 0.970 bits per heavy atom. The van der Waals surface area contributed by atoms with Crippen LogP contribution in [0, 0.1) is 19.8 Å². The summed E-state index contributed by atoms with van der Waals surface area (Å²) < 4.78 is 0. The molecule has 0 aliphatic carbocycles. The van der Waals surface area contributed by atoms with Crippen LogP contribution in [0.1, 0.15) is 29.5 Å². The van der Waals surface area contributed by atoms with Gasteiger partial charge < -0.3 is 10.0 Å². The molecule has 2 heterocycles. The van der Waals surface area contributed by atoms with Crippen molar-refractivity contribution in [3.63, 3.8) is 0 Å². The van der Waals surface area contributed by atoms with Crippen molar-refractivity contribution in [1.29, 1.82) is 0 Å². The van der Waals surface area contributed by atoms with Crippen LogP contribution in [0.2, 0.25) is 0 Å². The van der Waals surface area contributed by atoms with Crippen LogP contribution in [0.3, 0.4) is 0 Å². The van der Waals surface area contributed by atoms with Gasteiger partial charge in [-0.1, -0.05) is 60.2 Å². The molecule has 1 unspecified atom stereocenters. The summed E-state index contributed by atoms with van der Waals surface area (Å²) in [5, 5.41) is 11.6. The van der Waals surface area contributed by atoms with Gasteiger partial charge in [0.05, 0.1) is 11.3 Å². The largest absolute Gasteiger partial charge is 0.396 e. The van der Waals surface area contributed by atoms with Gasteiger partial charge in [0.2, 0.25) is 0 Å². The summed E-state index contributed by atoms with van der Waals surface area (Å²) in [6.45, 7) is 5.35. The van der Waals surface area contributed by atoms with Gasteiger partial charge in [-0.3, -0.25) is 9.59 Å². The average Bonchev–Trinajstić information content (AvgIpc) is 3.08. The number of aryl methyl sites for hydroxylation is 2. The van der Waals surface area contributed by atoms with E-state index >= 15 is 0 Å². The van der Waals surface area contributed by atoms with Gasteiger partial charge in [-0.15, -0.1) is 0 Å². The van der Waals surface area contributed by atoms with E-state index in [1.165, 1.54) is 4.90 Å². The molecule has 2 aliphatic rings. The molecule has 0 aromatic heterocycles. The Hall–Kier alpha value is -3.44. The molecule has 1 saturated heterocycles. The highest BCUT2D eigenvalue weighted by molar-refractivity contribution is 6.46. The number of aliphatic hydroxyl groups excluding tert-OH is 1. The zero-order valence-electron chi connectivity index (χ0n) is 19.0. The molecule has 1 N–H and O–H groups in total. The number of amides is 2. The predicted molar refractivity (Wildman–Crippen MR) is 131 cm³/mol. The fourth-order valence-corrected chi connectivity index (χ4v) is 5.19. The van der Waals surface area contributed by atoms with Gasteiger partial charge >= 0.3 is 0 Å². The number of carbonyl (C=O) groups is 2. The van der Waals surface area contributed by atoms with Crippen molar-refractivity contribution in [2.45, 2.75) is 26.7 Å². The second-order valence-electron chi connectivity index (χ2n) is 9.12. The van der Waals surface area contributed by atoms with Gasteiger partial charge in [-0.2, -0.15) is 0 Å². The van der Waals surface area contributed by atoms with E-state index in [9.17, 15) is 14.7 Å². The Morgan fingerprint density at radius 2 is 1.76 bits per heavy atom. The molecular formula is C28H28N2O3. The summed E-state index contributed by atoms with van der Waals surface area (Å²) in [5.74, 6) is -0.476. The number of rotatable bonds is 4. The molecule has 3 aromatic rings. The Morgan fingerprint density at radius 3 is 2.55 bits per heavy atom. The van der Waals surface area contributed by atoms with Crippen molar-refractivity contribution in [2.75, 3.05) is 24.6 Å². The summed E-state index contributed by atoms with van der Waals surface area (Å²) in [6.07, 6.45) is 1.80. The van der Waals surface area contributed by atoms with Crippen molar-refractivity contribution >= 4 is 33.8 Å². The van der Waals surface area contributed by atoms with Crippen molar-refractivity contribution < 1.29 is 14.7 Å². The van der Waals surface area contributed by atoms with Gasteiger partial charge in [0.15, 0.2) is 0 Å². The number of hydrogen-bond acceptors (Lipinski definition) is 4. The van der Waals surface area contributed by atoms with Gasteiger partial charge in [-0.25, -0.2) is 4.90 Å². The molecule has 1 fully saturated rings. The fraction of sp³-hybridized carbons (Fsp3) is 0.286. The van der Waals surface area contributed by atoms with Gasteiger partial charge in [0, 0.05) is 25.1 Å². The number of benzene rings is 3. The lowest BCUT2D eigenvalue weighted by Crippen LogP contribution is -2.40. The quantitative estimate of drug-likeness (QED) is 0.609. The molecule has 1 atom stereocenters. The first-order chi connectivity index (χ1) is 16.0. The minimum absolute atomic E-state index is 0.0812. The summed E-state index contributed by atoms with van der Waals surface area (Å²) in [5.41, 5.74) is 4.40. The summed E-state index contributed by atoms with van der Waals surface area (Å²) >= 11 is 0. The molecule has 0 radical (unpaired) electrons.